The van der Waals surface area contributed by atoms with E-state index in [0.29, 0.717) is 0 Å². The summed E-state index contributed by atoms with van der Waals surface area (Å²) in [5, 5.41) is 0.782. The number of halogens is 1. The van der Waals surface area contributed by atoms with Crippen molar-refractivity contribution in [3.63, 3.8) is 0 Å². The van der Waals surface area contributed by atoms with Gasteiger partial charge in [-0.1, -0.05) is 29.8 Å². The van der Waals surface area contributed by atoms with E-state index in [1.165, 1.54) is 11.1 Å². The highest BCUT2D eigenvalue weighted by atomic mass is 35.5. The normalized spacial score (nSPS) is 10.3. The average molecular weight is 231 g/mol. The summed E-state index contributed by atoms with van der Waals surface area (Å²) in [5.74, 6) is 0. The van der Waals surface area contributed by atoms with Gasteiger partial charge in [-0.3, -0.25) is 4.98 Å². The van der Waals surface area contributed by atoms with Gasteiger partial charge in [0.25, 0.3) is 0 Å². The molecular weight excluding hydrogens is 218 g/mol. The number of benzene rings is 1. The van der Waals surface area contributed by atoms with E-state index in [2.05, 4.69) is 17.5 Å². The summed E-state index contributed by atoms with van der Waals surface area (Å²) in [6.07, 6.45) is 7.97. The van der Waals surface area contributed by atoms with Crippen LogP contribution in [0.2, 0.25) is 5.02 Å². The second-order valence-corrected chi connectivity index (χ2v) is 4.09. The van der Waals surface area contributed by atoms with E-state index >= 15 is 0 Å². The van der Waals surface area contributed by atoms with Crippen LogP contribution in [0.3, 0.4) is 0 Å². The van der Waals surface area contributed by atoms with Crippen LogP contribution in [0, 0.1) is 6.42 Å². The van der Waals surface area contributed by atoms with Gasteiger partial charge in [-0.05, 0) is 48.6 Å². The van der Waals surface area contributed by atoms with Gasteiger partial charge in [-0.15, -0.1) is 0 Å². The van der Waals surface area contributed by atoms with Crippen molar-refractivity contribution >= 4 is 11.6 Å². The van der Waals surface area contributed by atoms with Gasteiger partial charge in [0.15, 0.2) is 0 Å². The maximum Gasteiger partial charge on any atom is 0.0406 e. The third-order valence-electron chi connectivity index (χ3n) is 2.41. The van der Waals surface area contributed by atoms with Crippen molar-refractivity contribution in [1.82, 2.24) is 4.98 Å². The molecule has 2 heteroatoms. The fraction of sp³-hybridized carbons (Fsp3) is 0.143. The molecule has 1 heterocycles. The fourth-order valence-corrected chi connectivity index (χ4v) is 1.68. The number of nitrogens with zero attached hydrogens (tertiary/aromatic N) is 1. The Morgan fingerprint density at radius 3 is 2.62 bits per heavy atom. The zero-order valence-corrected chi connectivity index (χ0v) is 9.69. The first-order valence-electron chi connectivity index (χ1n) is 5.32. The van der Waals surface area contributed by atoms with E-state index in [1.54, 1.807) is 6.20 Å². The topological polar surface area (TPSA) is 12.9 Å². The molecule has 16 heavy (non-hydrogen) atoms. The lowest BCUT2D eigenvalue weighted by Gasteiger charge is -2.01. The van der Waals surface area contributed by atoms with Gasteiger partial charge in [-0.2, -0.15) is 0 Å². The zero-order valence-electron chi connectivity index (χ0n) is 8.94. The van der Waals surface area contributed by atoms with E-state index in [4.69, 9.17) is 11.6 Å². The number of hydrogen-bond donors (Lipinski definition) is 0. The standard InChI is InChI=1S/C14H13ClN/c15-14-8-6-12(7-9-14)3-1-4-13-5-2-10-16-11-13/h2-3,5-11H,1,4H2. The molecule has 1 nitrogen and oxygen atoms in total. The SMILES string of the molecule is Clc1ccc([CH]CCc2cccnc2)cc1. The number of aryl methyl sites for hydroxylation is 1. The summed E-state index contributed by atoms with van der Waals surface area (Å²) in [7, 11) is 0. The van der Waals surface area contributed by atoms with Gasteiger partial charge >= 0.3 is 0 Å². The largest absolute Gasteiger partial charge is 0.264 e. The Kier molecular flexibility index (Phi) is 3.95. The summed E-state index contributed by atoms with van der Waals surface area (Å²) in [6.45, 7) is 0. The Balaban J connectivity index is 1.82. The Bertz CT molecular complexity index is 422. The zero-order chi connectivity index (χ0) is 11.2. The molecule has 0 spiro atoms. The molecule has 0 fully saturated rings. The van der Waals surface area contributed by atoms with Gasteiger partial charge in [0.05, 0.1) is 0 Å². The average Bonchev–Trinajstić information content (AvgIpc) is 2.33. The Morgan fingerprint density at radius 2 is 1.94 bits per heavy atom. The van der Waals surface area contributed by atoms with Crippen LogP contribution in [0.4, 0.5) is 0 Å². The molecule has 2 rings (SSSR count). The predicted octanol–water partition coefficient (Wildman–Crippen LogP) is 3.92. The summed E-state index contributed by atoms with van der Waals surface area (Å²) in [4.78, 5) is 4.09. The summed E-state index contributed by atoms with van der Waals surface area (Å²) in [5.41, 5.74) is 2.49. The molecular formula is C14H13ClN. The number of pyridine rings is 1. The minimum atomic E-state index is 0.782. The molecule has 0 aliphatic rings. The lowest BCUT2D eigenvalue weighted by molar-refractivity contribution is 0.941. The van der Waals surface area contributed by atoms with Gasteiger partial charge < -0.3 is 0 Å². The second-order valence-electron chi connectivity index (χ2n) is 3.66. The quantitative estimate of drug-likeness (QED) is 0.776. The highest BCUT2D eigenvalue weighted by molar-refractivity contribution is 6.30. The third-order valence-corrected chi connectivity index (χ3v) is 2.66. The molecule has 81 valence electrons. The lowest BCUT2D eigenvalue weighted by atomic mass is 10.1. The Hall–Kier alpha value is -1.34. The molecule has 0 amide bonds. The smallest absolute Gasteiger partial charge is 0.0406 e. The molecule has 0 bridgehead atoms. The minimum absolute atomic E-state index is 0.782. The second kappa shape index (κ2) is 5.66. The van der Waals surface area contributed by atoms with Gasteiger partial charge in [0, 0.05) is 17.4 Å². The molecule has 0 unspecified atom stereocenters. The summed E-state index contributed by atoms with van der Waals surface area (Å²) >= 11 is 5.82. The molecule has 1 radical (unpaired) electrons. The molecule has 0 aliphatic carbocycles. The fourth-order valence-electron chi connectivity index (χ4n) is 1.55. The van der Waals surface area contributed by atoms with Gasteiger partial charge in [0.2, 0.25) is 0 Å². The summed E-state index contributed by atoms with van der Waals surface area (Å²) < 4.78 is 0. The molecule has 0 atom stereocenters. The molecule has 2 aromatic rings. The minimum Gasteiger partial charge on any atom is -0.264 e. The lowest BCUT2D eigenvalue weighted by Crippen LogP contribution is -1.88. The molecule has 1 aromatic carbocycles. The van der Waals surface area contributed by atoms with E-state index in [0.717, 1.165) is 17.9 Å². The maximum atomic E-state index is 5.82. The van der Waals surface area contributed by atoms with Gasteiger partial charge in [0.1, 0.15) is 0 Å². The molecule has 0 saturated heterocycles. The first-order valence-corrected chi connectivity index (χ1v) is 5.70. The first kappa shape index (κ1) is 11.2. The van der Waals surface area contributed by atoms with E-state index < -0.39 is 0 Å². The first-order chi connectivity index (χ1) is 7.84. The molecule has 0 aliphatic heterocycles. The van der Waals surface area contributed by atoms with E-state index in [9.17, 15) is 0 Å². The molecule has 1 aromatic heterocycles. The number of aromatic nitrogens is 1. The van der Waals surface area contributed by atoms with Crippen molar-refractivity contribution in [1.29, 1.82) is 0 Å². The van der Waals surface area contributed by atoms with E-state index in [1.807, 2.05) is 36.5 Å². The van der Waals surface area contributed by atoms with Crippen LogP contribution in [0.15, 0.2) is 48.8 Å². The van der Waals surface area contributed by atoms with Crippen molar-refractivity contribution in [2.24, 2.45) is 0 Å². The van der Waals surface area contributed by atoms with Crippen molar-refractivity contribution in [2.45, 2.75) is 12.8 Å². The van der Waals surface area contributed by atoms with Crippen LogP contribution in [0.25, 0.3) is 0 Å². The van der Waals surface area contributed by atoms with Crippen LogP contribution in [0.5, 0.6) is 0 Å². The monoisotopic (exact) mass is 230 g/mol. The highest BCUT2D eigenvalue weighted by Gasteiger charge is 1.96. The third kappa shape index (κ3) is 3.35. The van der Waals surface area contributed by atoms with Crippen molar-refractivity contribution in [3.8, 4) is 0 Å². The van der Waals surface area contributed by atoms with Crippen molar-refractivity contribution in [3.05, 3.63) is 71.4 Å². The van der Waals surface area contributed by atoms with E-state index in [-0.39, 0.29) is 0 Å². The van der Waals surface area contributed by atoms with Crippen LogP contribution < -0.4 is 0 Å². The van der Waals surface area contributed by atoms with Gasteiger partial charge in [-0.25, -0.2) is 0 Å². The Labute approximate surface area is 101 Å². The number of hydrogen-bond acceptors (Lipinski definition) is 1. The van der Waals surface area contributed by atoms with Crippen molar-refractivity contribution in [2.75, 3.05) is 0 Å². The van der Waals surface area contributed by atoms with Crippen molar-refractivity contribution < 1.29 is 0 Å². The molecule has 0 N–H and O–H groups in total. The summed E-state index contributed by atoms with van der Waals surface area (Å²) in [6, 6.07) is 12.0. The highest BCUT2D eigenvalue weighted by Crippen LogP contribution is 2.13. The van der Waals surface area contributed by atoms with Crippen LogP contribution in [0.1, 0.15) is 17.5 Å². The van der Waals surface area contributed by atoms with Crippen LogP contribution >= 0.6 is 11.6 Å². The maximum absolute atomic E-state index is 5.82. The van der Waals surface area contributed by atoms with Crippen LogP contribution in [-0.4, -0.2) is 4.98 Å². The predicted molar refractivity (Wildman–Crippen MR) is 67.4 cm³/mol. The molecule has 0 saturated carbocycles. The Morgan fingerprint density at radius 1 is 1.12 bits per heavy atom. The van der Waals surface area contributed by atoms with Crippen LogP contribution in [-0.2, 0) is 6.42 Å². The number of rotatable bonds is 4.